The van der Waals surface area contributed by atoms with Crippen molar-refractivity contribution >= 4 is 23.2 Å². The number of benzene rings is 1. The summed E-state index contributed by atoms with van der Waals surface area (Å²) in [5.74, 6) is 0.889. The van der Waals surface area contributed by atoms with Crippen LogP contribution < -0.4 is 5.32 Å². The molecule has 1 amide bonds. The van der Waals surface area contributed by atoms with Crippen molar-refractivity contribution < 1.29 is 9.90 Å². The lowest BCUT2D eigenvalue weighted by molar-refractivity contribution is -0.117. The van der Waals surface area contributed by atoms with E-state index in [4.69, 9.17) is 11.6 Å². The molecule has 4 nitrogen and oxygen atoms in total. The quantitative estimate of drug-likeness (QED) is 0.896. The third-order valence-corrected chi connectivity index (χ3v) is 4.61. The van der Waals surface area contributed by atoms with E-state index in [1.54, 1.807) is 12.1 Å². The number of likely N-dealkylation sites (tertiary alicyclic amines) is 1. The summed E-state index contributed by atoms with van der Waals surface area (Å²) in [7, 11) is 0. The summed E-state index contributed by atoms with van der Waals surface area (Å²) in [6.45, 7) is 2.13. The van der Waals surface area contributed by atoms with Gasteiger partial charge in [0.2, 0.25) is 5.91 Å². The fourth-order valence-electron chi connectivity index (χ4n) is 3.43. The molecule has 1 saturated heterocycles. The fourth-order valence-corrected chi connectivity index (χ4v) is 3.62. The first kappa shape index (κ1) is 13.9. The van der Waals surface area contributed by atoms with Crippen molar-refractivity contribution in [2.45, 2.75) is 18.9 Å². The van der Waals surface area contributed by atoms with E-state index < -0.39 is 0 Å². The summed E-state index contributed by atoms with van der Waals surface area (Å²) in [5, 5.41) is 13.3. The molecule has 1 heterocycles. The predicted molar refractivity (Wildman–Crippen MR) is 78.7 cm³/mol. The standard InChI is InChI=1S/C15H19ClN2O2/c16-11-2-1-3-12(6-11)17-15(20)9-18-7-10-4-5-14(19)13(10)8-18/h1-3,6,10,13-14,19H,4-5,7-9H2,(H,17,20). The van der Waals surface area contributed by atoms with Gasteiger partial charge in [-0.25, -0.2) is 0 Å². The first-order chi connectivity index (χ1) is 9.61. The molecule has 0 bridgehead atoms. The van der Waals surface area contributed by atoms with Crippen LogP contribution >= 0.6 is 11.6 Å². The molecule has 3 atom stereocenters. The first-order valence-electron chi connectivity index (χ1n) is 7.07. The Morgan fingerprint density at radius 1 is 1.40 bits per heavy atom. The number of carbonyl (C=O) groups excluding carboxylic acids is 1. The lowest BCUT2D eigenvalue weighted by Crippen LogP contribution is -2.33. The Labute approximate surface area is 123 Å². The fraction of sp³-hybridized carbons (Fsp3) is 0.533. The van der Waals surface area contributed by atoms with Crippen molar-refractivity contribution in [2.75, 3.05) is 25.0 Å². The van der Waals surface area contributed by atoms with E-state index in [0.29, 0.717) is 23.4 Å². The highest BCUT2D eigenvalue weighted by molar-refractivity contribution is 6.30. The van der Waals surface area contributed by atoms with E-state index in [1.165, 1.54) is 0 Å². The summed E-state index contributed by atoms with van der Waals surface area (Å²) in [4.78, 5) is 14.2. The number of aliphatic hydroxyl groups is 1. The maximum atomic E-state index is 12.0. The molecule has 0 spiro atoms. The second-order valence-corrected chi connectivity index (χ2v) is 6.26. The number of hydrogen-bond donors (Lipinski definition) is 2. The topological polar surface area (TPSA) is 52.6 Å². The summed E-state index contributed by atoms with van der Waals surface area (Å²) in [6, 6.07) is 7.16. The molecule has 1 aromatic carbocycles. The van der Waals surface area contributed by atoms with Gasteiger partial charge in [0.15, 0.2) is 0 Å². The number of anilines is 1. The Morgan fingerprint density at radius 3 is 3.00 bits per heavy atom. The number of fused-ring (bicyclic) bond motifs is 1. The van der Waals surface area contributed by atoms with Crippen molar-refractivity contribution in [1.82, 2.24) is 4.90 Å². The third kappa shape index (κ3) is 2.97. The molecular weight excluding hydrogens is 276 g/mol. The summed E-state index contributed by atoms with van der Waals surface area (Å²) >= 11 is 5.89. The largest absolute Gasteiger partial charge is 0.393 e. The minimum absolute atomic E-state index is 0.0262. The zero-order chi connectivity index (χ0) is 14.1. The Bertz CT molecular complexity index is 508. The molecule has 20 heavy (non-hydrogen) atoms. The molecule has 108 valence electrons. The maximum Gasteiger partial charge on any atom is 0.238 e. The normalized spacial score (nSPS) is 29.4. The van der Waals surface area contributed by atoms with Crippen LogP contribution in [0.2, 0.25) is 5.02 Å². The molecule has 1 saturated carbocycles. The molecule has 0 radical (unpaired) electrons. The Hall–Kier alpha value is -1.10. The lowest BCUT2D eigenvalue weighted by atomic mass is 10.00. The van der Waals surface area contributed by atoms with E-state index in [-0.39, 0.29) is 12.0 Å². The molecule has 3 rings (SSSR count). The number of nitrogens with one attached hydrogen (secondary N) is 1. The number of nitrogens with zero attached hydrogens (tertiary/aromatic N) is 1. The van der Waals surface area contributed by atoms with E-state index in [1.807, 2.05) is 12.1 Å². The first-order valence-corrected chi connectivity index (χ1v) is 7.45. The smallest absolute Gasteiger partial charge is 0.238 e. The van der Waals surface area contributed by atoms with Gasteiger partial charge < -0.3 is 10.4 Å². The molecule has 3 unspecified atom stereocenters. The highest BCUT2D eigenvalue weighted by atomic mass is 35.5. The van der Waals surface area contributed by atoms with Gasteiger partial charge in [-0.15, -0.1) is 0 Å². The predicted octanol–water partition coefficient (Wildman–Crippen LogP) is 1.98. The molecule has 5 heteroatoms. The number of hydrogen-bond acceptors (Lipinski definition) is 3. The second kappa shape index (κ2) is 5.72. The van der Waals surface area contributed by atoms with E-state index in [0.717, 1.165) is 31.6 Å². The van der Waals surface area contributed by atoms with Gasteiger partial charge in [0.1, 0.15) is 0 Å². The van der Waals surface area contributed by atoms with Gasteiger partial charge in [0.25, 0.3) is 0 Å². The maximum absolute atomic E-state index is 12.0. The Morgan fingerprint density at radius 2 is 2.25 bits per heavy atom. The minimum atomic E-state index is -0.180. The number of carbonyl (C=O) groups is 1. The lowest BCUT2D eigenvalue weighted by Gasteiger charge is -2.17. The van der Waals surface area contributed by atoms with Crippen molar-refractivity contribution in [3.05, 3.63) is 29.3 Å². The Balaban J connectivity index is 1.53. The molecule has 2 N–H and O–H groups in total. The van der Waals surface area contributed by atoms with Crippen LogP contribution in [0.3, 0.4) is 0 Å². The summed E-state index contributed by atoms with van der Waals surface area (Å²) in [5.41, 5.74) is 0.724. The zero-order valence-electron chi connectivity index (χ0n) is 11.3. The van der Waals surface area contributed by atoms with Crippen LogP contribution in [0, 0.1) is 11.8 Å². The van der Waals surface area contributed by atoms with Crippen LogP contribution in [0.4, 0.5) is 5.69 Å². The van der Waals surface area contributed by atoms with E-state index in [9.17, 15) is 9.90 Å². The van der Waals surface area contributed by atoms with Crippen LogP contribution in [0.1, 0.15) is 12.8 Å². The molecule has 1 aliphatic carbocycles. The number of rotatable bonds is 3. The van der Waals surface area contributed by atoms with Crippen LogP contribution in [-0.4, -0.2) is 41.7 Å². The number of aliphatic hydroxyl groups excluding tert-OH is 1. The van der Waals surface area contributed by atoms with Crippen LogP contribution in [0.25, 0.3) is 0 Å². The van der Waals surface area contributed by atoms with Crippen molar-refractivity contribution in [3.8, 4) is 0 Å². The molecular formula is C15H19ClN2O2. The zero-order valence-corrected chi connectivity index (χ0v) is 12.0. The van der Waals surface area contributed by atoms with Gasteiger partial charge in [-0.2, -0.15) is 0 Å². The Kier molecular flexibility index (Phi) is 3.96. The highest BCUT2D eigenvalue weighted by Crippen LogP contribution is 2.37. The van der Waals surface area contributed by atoms with Crippen molar-refractivity contribution in [1.29, 1.82) is 0 Å². The second-order valence-electron chi connectivity index (χ2n) is 5.82. The highest BCUT2D eigenvalue weighted by Gasteiger charge is 2.41. The average Bonchev–Trinajstić information content (AvgIpc) is 2.92. The van der Waals surface area contributed by atoms with Gasteiger partial charge in [-0.1, -0.05) is 17.7 Å². The SMILES string of the molecule is O=C(CN1CC2CCC(O)C2C1)Nc1cccc(Cl)c1. The monoisotopic (exact) mass is 294 g/mol. The van der Waals surface area contributed by atoms with Crippen LogP contribution in [0.15, 0.2) is 24.3 Å². The number of amides is 1. The molecule has 1 aliphatic heterocycles. The molecule has 2 aliphatic rings. The summed E-state index contributed by atoms with van der Waals surface area (Å²) in [6.07, 6.45) is 1.82. The van der Waals surface area contributed by atoms with E-state index in [2.05, 4.69) is 10.2 Å². The van der Waals surface area contributed by atoms with Crippen LogP contribution in [-0.2, 0) is 4.79 Å². The third-order valence-electron chi connectivity index (χ3n) is 4.37. The summed E-state index contributed by atoms with van der Waals surface area (Å²) < 4.78 is 0. The molecule has 0 aromatic heterocycles. The van der Waals surface area contributed by atoms with Gasteiger partial charge >= 0.3 is 0 Å². The minimum Gasteiger partial charge on any atom is -0.393 e. The van der Waals surface area contributed by atoms with Gasteiger partial charge in [-0.05, 0) is 37.0 Å². The molecule has 2 fully saturated rings. The van der Waals surface area contributed by atoms with Crippen molar-refractivity contribution in [2.24, 2.45) is 11.8 Å². The van der Waals surface area contributed by atoms with Gasteiger partial charge in [-0.3, -0.25) is 9.69 Å². The van der Waals surface area contributed by atoms with E-state index >= 15 is 0 Å². The van der Waals surface area contributed by atoms with Gasteiger partial charge in [0, 0.05) is 29.7 Å². The average molecular weight is 295 g/mol. The van der Waals surface area contributed by atoms with Crippen LogP contribution in [0.5, 0.6) is 0 Å². The van der Waals surface area contributed by atoms with Gasteiger partial charge in [0.05, 0.1) is 12.6 Å². The van der Waals surface area contributed by atoms with Crippen molar-refractivity contribution in [3.63, 3.8) is 0 Å². The molecule has 1 aromatic rings. The number of halogens is 1.